The molecule has 9 nitrogen and oxygen atoms in total. The van der Waals surface area contributed by atoms with Crippen molar-refractivity contribution in [1.29, 1.82) is 0 Å². The number of carbonyl (C=O) groups excluding carboxylic acids is 3. The molecule has 0 bridgehead atoms. The third kappa shape index (κ3) is 5.80. The molecule has 0 saturated heterocycles. The van der Waals surface area contributed by atoms with Crippen LogP contribution in [0.2, 0.25) is 0 Å². The van der Waals surface area contributed by atoms with E-state index in [9.17, 15) is 23.2 Å². The summed E-state index contributed by atoms with van der Waals surface area (Å²) in [7, 11) is 0. The van der Waals surface area contributed by atoms with Gasteiger partial charge < -0.3 is 29.6 Å². The first-order valence-corrected chi connectivity index (χ1v) is 8.59. The predicted molar refractivity (Wildman–Crippen MR) is 97.6 cm³/mol. The Labute approximate surface area is 168 Å². The van der Waals surface area contributed by atoms with E-state index in [4.69, 9.17) is 14.2 Å². The molecule has 11 heteroatoms. The smallest absolute Gasteiger partial charge is 0.387 e. The lowest BCUT2D eigenvalue weighted by Crippen LogP contribution is -2.32. The minimum Gasteiger partial charge on any atom is -0.454 e. The predicted octanol–water partition coefficient (Wildman–Crippen LogP) is 1.93. The van der Waals surface area contributed by atoms with E-state index in [-0.39, 0.29) is 18.1 Å². The minimum atomic E-state index is -2.95. The van der Waals surface area contributed by atoms with Crippen molar-refractivity contribution in [3.05, 3.63) is 48.0 Å². The highest BCUT2D eigenvalue weighted by Crippen LogP contribution is 2.32. The van der Waals surface area contributed by atoms with Crippen LogP contribution in [0.25, 0.3) is 0 Å². The summed E-state index contributed by atoms with van der Waals surface area (Å²) in [5, 5.41) is 4.79. The van der Waals surface area contributed by atoms with Crippen LogP contribution in [0, 0.1) is 0 Å². The first-order chi connectivity index (χ1) is 14.4. The monoisotopic (exact) mass is 422 g/mol. The van der Waals surface area contributed by atoms with Crippen LogP contribution in [0.15, 0.2) is 42.5 Å². The molecular weight excluding hydrogens is 406 g/mol. The van der Waals surface area contributed by atoms with Crippen LogP contribution in [-0.2, 0) is 14.3 Å². The molecule has 1 heterocycles. The quantitative estimate of drug-likeness (QED) is 0.625. The van der Waals surface area contributed by atoms with Gasteiger partial charge in [0.25, 0.3) is 11.8 Å². The van der Waals surface area contributed by atoms with Gasteiger partial charge >= 0.3 is 12.6 Å². The Bertz CT molecular complexity index is 935. The zero-order valence-electron chi connectivity index (χ0n) is 15.4. The Morgan fingerprint density at radius 2 is 1.77 bits per heavy atom. The normalized spacial score (nSPS) is 11.7. The Kier molecular flexibility index (Phi) is 6.63. The zero-order valence-corrected chi connectivity index (χ0v) is 15.4. The molecular formula is C19H16F2N2O7. The van der Waals surface area contributed by atoms with Gasteiger partial charge in [-0.1, -0.05) is 0 Å². The largest absolute Gasteiger partial charge is 0.454 e. The van der Waals surface area contributed by atoms with Crippen LogP contribution in [0.3, 0.4) is 0 Å². The van der Waals surface area contributed by atoms with E-state index in [0.29, 0.717) is 17.2 Å². The van der Waals surface area contributed by atoms with E-state index in [1.54, 1.807) is 6.07 Å². The summed E-state index contributed by atoms with van der Waals surface area (Å²) in [6.07, 6.45) is 0. The first kappa shape index (κ1) is 20.8. The average Bonchev–Trinajstić information content (AvgIpc) is 3.19. The topological polar surface area (TPSA) is 112 Å². The molecule has 3 rings (SSSR count). The summed E-state index contributed by atoms with van der Waals surface area (Å²) in [5.74, 6) is -1.11. The van der Waals surface area contributed by atoms with Gasteiger partial charge in [0.1, 0.15) is 12.3 Å². The molecule has 1 aliphatic heterocycles. The molecule has 0 atom stereocenters. The Balaban J connectivity index is 1.38. The van der Waals surface area contributed by atoms with Gasteiger partial charge in [-0.05, 0) is 42.5 Å². The second-order valence-electron chi connectivity index (χ2n) is 5.86. The average molecular weight is 422 g/mol. The van der Waals surface area contributed by atoms with Gasteiger partial charge in [0.05, 0.1) is 0 Å². The molecule has 0 radical (unpaired) electrons. The van der Waals surface area contributed by atoms with Gasteiger partial charge in [0, 0.05) is 11.3 Å². The number of hydrogen-bond acceptors (Lipinski definition) is 7. The number of amides is 2. The fraction of sp³-hybridized carbons (Fsp3) is 0.211. The van der Waals surface area contributed by atoms with E-state index < -0.39 is 37.5 Å². The molecule has 0 spiro atoms. The molecule has 2 N–H and O–H groups in total. The number of hydrogen-bond donors (Lipinski definition) is 2. The van der Waals surface area contributed by atoms with Crippen molar-refractivity contribution in [2.45, 2.75) is 6.61 Å². The van der Waals surface area contributed by atoms with E-state index in [0.717, 1.165) is 0 Å². The summed E-state index contributed by atoms with van der Waals surface area (Å²) < 4.78 is 43.5. The van der Waals surface area contributed by atoms with Crippen molar-refractivity contribution in [2.75, 3.05) is 25.3 Å². The molecule has 158 valence electrons. The molecule has 0 fully saturated rings. The highest BCUT2D eigenvalue weighted by Gasteiger charge is 2.17. The van der Waals surface area contributed by atoms with Gasteiger partial charge in [-0.15, -0.1) is 0 Å². The van der Waals surface area contributed by atoms with Gasteiger partial charge in [0.2, 0.25) is 6.79 Å². The molecule has 1 aliphatic rings. The fourth-order valence-electron chi connectivity index (χ4n) is 2.41. The number of rotatable bonds is 8. The summed E-state index contributed by atoms with van der Waals surface area (Å²) in [5.41, 5.74) is 0.567. The van der Waals surface area contributed by atoms with Crippen LogP contribution in [-0.4, -0.2) is 44.3 Å². The number of anilines is 1. The van der Waals surface area contributed by atoms with Crippen LogP contribution < -0.4 is 24.8 Å². The maximum atomic E-state index is 12.1. The number of halogens is 2. The van der Waals surface area contributed by atoms with Crippen molar-refractivity contribution in [3.63, 3.8) is 0 Å². The Hall–Kier alpha value is -3.89. The molecule has 2 aromatic rings. The zero-order chi connectivity index (χ0) is 21.5. The number of ether oxygens (including phenoxy) is 4. The maximum absolute atomic E-state index is 12.1. The Morgan fingerprint density at radius 1 is 1.03 bits per heavy atom. The number of alkyl halides is 2. The molecule has 0 saturated carbocycles. The van der Waals surface area contributed by atoms with E-state index in [1.165, 1.54) is 36.4 Å². The molecule has 30 heavy (non-hydrogen) atoms. The highest BCUT2D eigenvalue weighted by atomic mass is 19.3. The van der Waals surface area contributed by atoms with Gasteiger partial charge in [-0.25, -0.2) is 0 Å². The second-order valence-corrected chi connectivity index (χ2v) is 5.86. The van der Waals surface area contributed by atoms with Crippen molar-refractivity contribution >= 4 is 23.5 Å². The standard InChI is InChI=1S/C19H16F2N2O7/c20-19(21)30-13-4-2-12(3-5-13)23-16(24)9-27-17(25)8-22-18(26)11-1-6-14-15(7-11)29-10-28-14/h1-7,19H,8-10H2,(H,22,26)(H,23,24). The molecule has 2 amide bonds. The highest BCUT2D eigenvalue weighted by molar-refractivity contribution is 5.97. The van der Waals surface area contributed by atoms with Crippen LogP contribution in [0.4, 0.5) is 14.5 Å². The number of fused-ring (bicyclic) bond motifs is 1. The van der Waals surface area contributed by atoms with Crippen LogP contribution in [0.5, 0.6) is 17.2 Å². The number of nitrogens with one attached hydrogen (secondary N) is 2. The van der Waals surface area contributed by atoms with Crippen molar-refractivity contribution in [2.24, 2.45) is 0 Å². The summed E-state index contributed by atoms with van der Waals surface area (Å²) in [6, 6.07) is 9.77. The number of carbonyl (C=O) groups is 3. The van der Waals surface area contributed by atoms with E-state index >= 15 is 0 Å². The third-order valence-corrected chi connectivity index (χ3v) is 3.76. The van der Waals surface area contributed by atoms with Gasteiger partial charge in [0.15, 0.2) is 18.1 Å². The maximum Gasteiger partial charge on any atom is 0.387 e. The molecule has 2 aromatic carbocycles. The van der Waals surface area contributed by atoms with Crippen LogP contribution in [0.1, 0.15) is 10.4 Å². The van der Waals surface area contributed by atoms with E-state index in [2.05, 4.69) is 15.4 Å². The summed E-state index contributed by atoms with van der Waals surface area (Å²) in [6.45, 7) is -3.91. The number of esters is 1. The Morgan fingerprint density at radius 3 is 2.50 bits per heavy atom. The van der Waals surface area contributed by atoms with Crippen LogP contribution >= 0.6 is 0 Å². The molecule has 0 unspecified atom stereocenters. The lowest BCUT2D eigenvalue weighted by molar-refractivity contribution is -0.146. The number of benzene rings is 2. The molecule has 0 aromatic heterocycles. The first-order valence-electron chi connectivity index (χ1n) is 8.59. The second kappa shape index (κ2) is 9.54. The SMILES string of the molecule is O=C(COC(=O)CNC(=O)c1ccc2c(c1)OCO2)Nc1ccc(OC(F)F)cc1. The lowest BCUT2D eigenvalue weighted by Gasteiger charge is -2.09. The van der Waals surface area contributed by atoms with E-state index in [1.807, 2.05) is 0 Å². The van der Waals surface area contributed by atoms with Gasteiger partial charge in [-0.3, -0.25) is 14.4 Å². The summed E-state index contributed by atoms with van der Waals surface area (Å²) >= 11 is 0. The van der Waals surface area contributed by atoms with Crippen molar-refractivity contribution < 1.29 is 42.1 Å². The minimum absolute atomic E-state index is 0.0624. The van der Waals surface area contributed by atoms with Crippen molar-refractivity contribution in [1.82, 2.24) is 5.32 Å². The van der Waals surface area contributed by atoms with Crippen molar-refractivity contribution in [3.8, 4) is 17.2 Å². The third-order valence-electron chi connectivity index (χ3n) is 3.76. The molecule has 0 aliphatic carbocycles. The summed E-state index contributed by atoms with van der Waals surface area (Å²) in [4.78, 5) is 35.6. The fourth-order valence-corrected chi connectivity index (χ4v) is 2.41. The lowest BCUT2D eigenvalue weighted by atomic mass is 10.2. The van der Waals surface area contributed by atoms with Gasteiger partial charge in [-0.2, -0.15) is 8.78 Å².